The molecule has 19 heavy (non-hydrogen) atoms. The lowest BCUT2D eigenvalue weighted by atomic mass is 10.1. The Bertz CT molecular complexity index is 453. The average molecular weight is 262 g/mol. The molecule has 5 nitrogen and oxygen atoms in total. The summed E-state index contributed by atoms with van der Waals surface area (Å²) in [6, 6.07) is 1.92. The number of amides is 1. The van der Waals surface area contributed by atoms with E-state index in [1.54, 1.807) is 0 Å². The first kappa shape index (κ1) is 13.8. The summed E-state index contributed by atoms with van der Waals surface area (Å²) in [5, 5.41) is 2.99. The number of hydrogen-bond acceptors (Lipinski definition) is 4. The van der Waals surface area contributed by atoms with Gasteiger partial charge in [0.25, 0.3) is 0 Å². The van der Waals surface area contributed by atoms with Crippen molar-refractivity contribution in [1.29, 1.82) is 0 Å². The number of carbonyl (C=O) groups excluding carboxylic acids is 1. The molecule has 1 fully saturated rings. The van der Waals surface area contributed by atoms with Crippen LogP contribution in [-0.2, 0) is 11.3 Å². The Labute approximate surface area is 114 Å². The summed E-state index contributed by atoms with van der Waals surface area (Å²) in [7, 11) is 3.82. The fraction of sp³-hybridized carbons (Fsp3) is 0.643. The molecule has 0 saturated heterocycles. The van der Waals surface area contributed by atoms with Gasteiger partial charge in [-0.25, -0.2) is 9.97 Å². The van der Waals surface area contributed by atoms with Gasteiger partial charge >= 0.3 is 0 Å². The predicted octanol–water partition coefficient (Wildman–Crippen LogP) is 1.66. The van der Waals surface area contributed by atoms with Gasteiger partial charge in [-0.15, -0.1) is 0 Å². The second-order valence-corrected chi connectivity index (χ2v) is 5.39. The van der Waals surface area contributed by atoms with E-state index >= 15 is 0 Å². The van der Waals surface area contributed by atoms with E-state index in [0.29, 0.717) is 12.5 Å². The Morgan fingerprint density at radius 2 is 2.05 bits per heavy atom. The van der Waals surface area contributed by atoms with Gasteiger partial charge in [0, 0.05) is 25.7 Å². The lowest BCUT2D eigenvalue weighted by Crippen LogP contribution is -2.29. The van der Waals surface area contributed by atoms with E-state index in [2.05, 4.69) is 15.3 Å². The van der Waals surface area contributed by atoms with E-state index in [-0.39, 0.29) is 11.8 Å². The van der Waals surface area contributed by atoms with E-state index in [4.69, 9.17) is 0 Å². The Kier molecular flexibility index (Phi) is 4.35. The van der Waals surface area contributed by atoms with Gasteiger partial charge in [0.1, 0.15) is 0 Å². The number of hydrogen-bond donors (Lipinski definition) is 1. The van der Waals surface area contributed by atoms with Crippen LogP contribution in [0.3, 0.4) is 0 Å². The molecule has 1 amide bonds. The summed E-state index contributed by atoms with van der Waals surface area (Å²) in [6.45, 7) is 2.43. The van der Waals surface area contributed by atoms with Crippen molar-refractivity contribution in [3.63, 3.8) is 0 Å². The van der Waals surface area contributed by atoms with Crippen LogP contribution < -0.4 is 10.2 Å². The monoisotopic (exact) mass is 262 g/mol. The third kappa shape index (κ3) is 3.66. The van der Waals surface area contributed by atoms with Crippen LogP contribution in [0.5, 0.6) is 0 Å². The Hall–Kier alpha value is -1.65. The molecule has 2 rings (SSSR count). The first-order valence-corrected chi connectivity index (χ1v) is 6.86. The summed E-state index contributed by atoms with van der Waals surface area (Å²) >= 11 is 0. The normalized spacial score (nSPS) is 15.5. The molecule has 0 unspecified atom stereocenters. The van der Waals surface area contributed by atoms with Crippen LogP contribution in [0, 0.1) is 12.8 Å². The molecule has 0 aromatic carbocycles. The number of aromatic nitrogens is 2. The molecule has 5 heteroatoms. The molecule has 1 aromatic heterocycles. The Morgan fingerprint density at radius 1 is 1.37 bits per heavy atom. The molecule has 0 radical (unpaired) electrons. The lowest BCUT2D eigenvalue weighted by molar-refractivity contribution is -0.124. The standard InChI is InChI=1S/C14H22N4O/c1-10-8-12(17-14(16-10)18(2)3)9-15-13(19)11-6-4-5-7-11/h8,11H,4-7,9H2,1-3H3,(H,15,19). The number of anilines is 1. The summed E-state index contributed by atoms with van der Waals surface area (Å²) in [5.41, 5.74) is 1.78. The summed E-state index contributed by atoms with van der Waals surface area (Å²) in [6.07, 6.45) is 4.40. The minimum Gasteiger partial charge on any atom is -0.350 e. The van der Waals surface area contributed by atoms with Crippen LogP contribution in [0.2, 0.25) is 0 Å². The fourth-order valence-corrected chi connectivity index (χ4v) is 2.42. The van der Waals surface area contributed by atoms with Crippen molar-refractivity contribution in [2.45, 2.75) is 39.2 Å². The van der Waals surface area contributed by atoms with Crippen LogP contribution in [0.4, 0.5) is 5.95 Å². The second-order valence-electron chi connectivity index (χ2n) is 5.39. The second kappa shape index (κ2) is 5.99. The zero-order valence-electron chi connectivity index (χ0n) is 11.9. The molecule has 0 bridgehead atoms. The molecule has 0 spiro atoms. The number of carbonyl (C=O) groups is 1. The third-order valence-electron chi connectivity index (χ3n) is 3.47. The van der Waals surface area contributed by atoms with Crippen LogP contribution in [0.25, 0.3) is 0 Å². The number of rotatable bonds is 4. The SMILES string of the molecule is Cc1cc(CNC(=O)C2CCCC2)nc(N(C)C)n1. The van der Waals surface area contributed by atoms with Crippen molar-refractivity contribution in [2.24, 2.45) is 5.92 Å². The minimum absolute atomic E-state index is 0.167. The molecule has 1 aliphatic carbocycles. The first-order valence-electron chi connectivity index (χ1n) is 6.86. The molecule has 1 saturated carbocycles. The van der Waals surface area contributed by atoms with Crippen LogP contribution in [0.1, 0.15) is 37.1 Å². The summed E-state index contributed by atoms with van der Waals surface area (Å²) in [5.74, 6) is 1.06. The zero-order chi connectivity index (χ0) is 13.8. The fourth-order valence-electron chi connectivity index (χ4n) is 2.42. The van der Waals surface area contributed by atoms with E-state index in [1.165, 1.54) is 12.8 Å². The average Bonchev–Trinajstić information content (AvgIpc) is 2.89. The van der Waals surface area contributed by atoms with Gasteiger partial charge in [-0.3, -0.25) is 4.79 Å². The number of aryl methyl sites for hydroxylation is 1. The van der Waals surface area contributed by atoms with E-state index in [1.807, 2.05) is 32.0 Å². The minimum atomic E-state index is 0.167. The highest BCUT2D eigenvalue weighted by atomic mass is 16.1. The molecule has 1 aromatic rings. The first-order chi connectivity index (χ1) is 9.06. The molecule has 1 aliphatic rings. The maximum Gasteiger partial charge on any atom is 0.225 e. The van der Waals surface area contributed by atoms with Crippen molar-refractivity contribution >= 4 is 11.9 Å². The molecule has 1 heterocycles. The molecule has 0 atom stereocenters. The molecule has 104 valence electrons. The summed E-state index contributed by atoms with van der Waals surface area (Å²) in [4.78, 5) is 22.6. The van der Waals surface area contributed by atoms with Gasteiger partial charge in [0.05, 0.1) is 12.2 Å². The summed E-state index contributed by atoms with van der Waals surface area (Å²) < 4.78 is 0. The topological polar surface area (TPSA) is 58.1 Å². The van der Waals surface area contributed by atoms with Crippen molar-refractivity contribution in [3.8, 4) is 0 Å². The van der Waals surface area contributed by atoms with Crippen molar-refractivity contribution in [3.05, 3.63) is 17.5 Å². The van der Waals surface area contributed by atoms with Crippen LogP contribution in [-0.4, -0.2) is 30.0 Å². The maximum atomic E-state index is 12.0. The van der Waals surface area contributed by atoms with Gasteiger partial charge in [0.15, 0.2) is 0 Å². The van der Waals surface area contributed by atoms with E-state index < -0.39 is 0 Å². The largest absolute Gasteiger partial charge is 0.350 e. The molecular formula is C14H22N4O. The third-order valence-corrected chi connectivity index (χ3v) is 3.47. The highest BCUT2D eigenvalue weighted by molar-refractivity contribution is 5.78. The molecule has 1 N–H and O–H groups in total. The van der Waals surface area contributed by atoms with Gasteiger partial charge in [-0.2, -0.15) is 0 Å². The highest BCUT2D eigenvalue weighted by Gasteiger charge is 2.22. The van der Waals surface area contributed by atoms with Gasteiger partial charge in [-0.05, 0) is 25.8 Å². The smallest absolute Gasteiger partial charge is 0.225 e. The van der Waals surface area contributed by atoms with Gasteiger partial charge in [-0.1, -0.05) is 12.8 Å². The van der Waals surface area contributed by atoms with Gasteiger partial charge < -0.3 is 10.2 Å². The van der Waals surface area contributed by atoms with E-state index in [0.717, 1.165) is 24.2 Å². The number of nitrogens with zero attached hydrogens (tertiary/aromatic N) is 3. The Morgan fingerprint density at radius 3 is 2.68 bits per heavy atom. The van der Waals surface area contributed by atoms with Crippen LogP contribution >= 0.6 is 0 Å². The quantitative estimate of drug-likeness (QED) is 0.896. The Balaban J connectivity index is 1.97. The zero-order valence-corrected chi connectivity index (χ0v) is 11.9. The van der Waals surface area contributed by atoms with Gasteiger partial charge in [0.2, 0.25) is 11.9 Å². The molecular weight excluding hydrogens is 240 g/mol. The maximum absolute atomic E-state index is 12.0. The lowest BCUT2D eigenvalue weighted by Gasteiger charge is -2.14. The van der Waals surface area contributed by atoms with Crippen LogP contribution in [0.15, 0.2) is 6.07 Å². The van der Waals surface area contributed by atoms with Crippen molar-refractivity contribution in [1.82, 2.24) is 15.3 Å². The van der Waals surface area contributed by atoms with E-state index in [9.17, 15) is 4.79 Å². The number of nitrogens with one attached hydrogen (secondary N) is 1. The van der Waals surface area contributed by atoms with Crippen molar-refractivity contribution in [2.75, 3.05) is 19.0 Å². The highest BCUT2D eigenvalue weighted by Crippen LogP contribution is 2.24. The van der Waals surface area contributed by atoms with Crippen molar-refractivity contribution < 1.29 is 4.79 Å². The predicted molar refractivity (Wildman–Crippen MR) is 74.9 cm³/mol. The molecule has 0 aliphatic heterocycles.